The maximum atomic E-state index is 13.5. The highest BCUT2D eigenvalue weighted by Crippen LogP contribution is 2.35. The maximum Gasteiger partial charge on any atom is 0.146 e. The van der Waals surface area contributed by atoms with Crippen LogP contribution in [0.4, 0.5) is 10.2 Å². The molecule has 5 rings (SSSR count). The van der Waals surface area contributed by atoms with Crippen molar-refractivity contribution in [1.82, 2.24) is 25.5 Å². The van der Waals surface area contributed by atoms with E-state index in [0.717, 1.165) is 52.9 Å². The molecule has 0 unspecified atom stereocenters. The Morgan fingerprint density at radius 3 is 2.69 bits per heavy atom. The summed E-state index contributed by atoms with van der Waals surface area (Å²) in [4.78, 5) is 8.98. The van der Waals surface area contributed by atoms with E-state index in [1.54, 1.807) is 12.1 Å². The number of benzene rings is 2. The smallest absolute Gasteiger partial charge is 0.146 e. The van der Waals surface area contributed by atoms with Crippen molar-refractivity contribution in [1.29, 1.82) is 0 Å². The summed E-state index contributed by atoms with van der Waals surface area (Å²) in [5.41, 5.74) is 4.21. The van der Waals surface area contributed by atoms with Gasteiger partial charge in [0.25, 0.3) is 0 Å². The lowest BCUT2D eigenvalue weighted by Gasteiger charge is -2.17. The number of hydrogen-bond acceptors (Lipinski definition) is 7. The van der Waals surface area contributed by atoms with E-state index < -0.39 is 0 Å². The van der Waals surface area contributed by atoms with Gasteiger partial charge in [0.1, 0.15) is 35.3 Å². The molecule has 32 heavy (non-hydrogen) atoms. The van der Waals surface area contributed by atoms with Crippen LogP contribution >= 0.6 is 0 Å². The lowest BCUT2D eigenvalue weighted by Crippen LogP contribution is -2.19. The first-order chi connectivity index (χ1) is 15.7. The lowest BCUT2D eigenvalue weighted by molar-refractivity contribution is 0.225. The second kappa shape index (κ2) is 8.84. The van der Waals surface area contributed by atoms with Crippen molar-refractivity contribution in [3.05, 3.63) is 72.1 Å². The number of aryl methyl sites for hydroxylation is 1. The molecule has 1 aliphatic rings. The summed E-state index contributed by atoms with van der Waals surface area (Å²) >= 11 is 0. The Morgan fingerprint density at radius 1 is 1.06 bits per heavy atom. The molecule has 162 valence electrons. The minimum absolute atomic E-state index is 0.0795. The van der Waals surface area contributed by atoms with Crippen LogP contribution in [-0.4, -0.2) is 39.4 Å². The highest BCUT2D eigenvalue weighted by atomic mass is 19.1. The first-order valence-corrected chi connectivity index (χ1v) is 10.6. The molecule has 1 fully saturated rings. The van der Waals surface area contributed by atoms with Crippen molar-refractivity contribution in [3.63, 3.8) is 0 Å². The topological polar surface area (TPSA) is 84.9 Å². The van der Waals surface area contributed by atoms with Gasteiger partial charge in [0.15, 0.2) is 0 Å². The van der Waals surface area contributed by atoms with Gasteiger partial charge in [-0.1, -0.05) is 12.1 Å². The molecule has 0 aliphatic carbocycles. The highest BCUT2D eigenvalue weighted by Gasteiger charge is 2.19. The molecule has 2 aromatic heterocycles. The molecule has 1 saturated heterocycles. The molecule has 2 aromatic carbocycles. The number of hydrogen-bond donors (Lipinski definition) is 2. The Bertz CT molecular complexity index is 1220. The minimum atomic E-state index is -0.270. The van der Waals surface area contributed by atoms with E-state index in [0.29, 0.717) is 18.1 Å². The summed E-state index contributed by atoms with van der Waals surface area (Å²) in [5.74, 6) is 1.10. The van der Waals surface area contributed by atoms with Crippen LogP contribution in [0.5, 0.6) is 5.75 Å². The number of halogens is 1. The Balaban J connectivity index is 1.55. The van der Waals surface area contributed by atoms with Crippen molar-refractivity contribution in [2.24, 2.45) is 0 Å². The summed E-state index contributed by atoms with van der Waals surface area (Å²) in [5, 5.41) is 15.8. The summed E-state index contributed by atoms with van der Waals surface area (Å²) in [6.45, 7) is 4.10. The Hall–Kier alpha value is -3.65. The lowest BCUT2D eigenvalue weighted by atomic mass is 10.0. The van der Waals surface area contributed by atoms with E-state index in [2.05, 4.69) is 30.8 Å². The Labute approximate surface area is 185 Å². The number of nitrogens with one attached hydrogen (secondary N) is 2. The van der Waals surface area contributed by atoms with Crippen molar-refractivity contribution in [2.75, 3.05) is 18.4 Å². The quantitative estimate of drug-likeness (QED) is 0.480. The van der Waals surface area contributed by atoms with E-state index in [-0.39, 0.29) is 11.9 Å². The van der Waals surface area contributed by atoms with Gasteiger partial charge in [-0.2, -0.15) is 10.2 Å². The standard InChI is InChI=1S/C24H23FN6O/c1-15-2-7-19(31-30-15)12-27-24-21-10-17(16-3-5-18(25)6-4-16)11-22(23(21)28-14-29-24)32-20-8-9-26-13-20/h2-7,10-11,14,20,26H,8-9,12-13H2,1H3,(H,27,28,29)/t20-/m0/s1. The fourth-order valence-corrected chi connectivity index (χ4v) is 3.78. The van der Waals surface area contributed by atoms with Crippen LogP contribution in [0, 0.1) is 12.7 Å². The minimum Gasteiger partial charge on any atom is -0.487 e. The molecule has 1 atom stereocenters. The molecule has 0 amide bonds. The van der Waals surface area contributed by atoms with Gasteiger partial charge < -0.3 is 15.4 Å². The van der Waals surface area contributed by atoms with Crippen molar-refractivity contribution >= 4 is 16.7 Å². The second-order valence-corrected chi connectivity index (χ2v) is 7.85. The molecular weight excluding hydrogens is 407 g/mol. The zero-order valence-electron chi connectivity index (χ0n) is 17.7. The van der Waals surface area contributed by atoms with E-state index in [9.17, 15) is 4.39 Å². The zero-order valence-corrected chi connectivity index (χ0v) is 17.7. The van der Waals surface area contributed by atoms with Crippen molar-refractivity contribution < 1.29 is 9.13 Å². The Kier molecular flexibility index (Phi) is 5.60. The van der Waals surface area contributed by atoms with Crippen LogP contribution in [0.25, 0.3) is 22.0 Å². The number of anilines is 1. The summed E-state index contributed by atoms with van der Waals surface area (Å²) in [7, 11) is 0. The number of ether oxygens (including phenoxy) is 1. The van der Waals surface area contributed by atoms with E-state index in [1.165, 1.54) is 18.5 Å². The predicted molar refractivity (Wildman–Crippen MR) is 121 cm³/mol. The molecule has 0 spiro atoms. The molecule has 8 heteroatoms. The third-order valence-corrected chi connectivity index (χ3v) is 5.48. The molecule has 1 aliphatic heterocycles. The number of rotatable bonds is 6. The summed E-state index contributed by atoms with van der Waals surface area (Å²) in [6, 6.07) is 14.3. The van der Waals surface area contributed by atoms with Crippen LogP contribution in [0.1, 0.15) is 17.8 Å². The average molecular weight is 430 g/mol. The zero-order chi connectivity index (χ0) is 21.9. The fourth-order valence-electron chi connectivity index (χ4n) is 3.78. The predicted octanol–water partition coefficient (Wildman–Crippen LogP) is 3.89. The van der Waals surface area contributed by atoms with Gasteiger partial charge in [0, 0.05) is 11.9 Å². The van der Waals surface area contributed by atoms with Gasteiger partial charge in [-0.05, 0) is 67.4 Å². The highest BCUT2D eigenvalue weighted by molar-refractivity contribution is 5.96. The molecular formula is C24H23FN6O. The van der Waals surface area contributed by atoms with Crippen LogP contribution < -0.4 is 15.4 Å². The van der Waals surface area contributed by atoms with Crippen molar-refractivity contribution in [3.8, 4) is 16.9 Å². The van der Waals surface area contributed by atoms with Gasteiger partial charge in [-0.15, -0.1) is 0 Å². The van der Waals surface area contributed by atoms with Gasteiger partial charge in [-0.3, -0.25) is 0 Å². The van der Waals surface area contributed by atoms with Gasteiger partial charge >= 0.3 is 0 Å². The number of fused-ring (bicyclic) bond motifs is 1. The first kappa shape index (κ1) is 20.3. The van der Waals surface area contributed by atoms with E-state index >= 15 is 0 Å². The van der Waals surface area contributed by atoms with Gasteiger partial charge in [-0.25, -0.2) is 14.4 Å². The van der Waals surface area contributed by atoms with Gasteiger partial charge in [0.2, 0.25) is 0 Å². The third-order valence-electron chi connectivity index (χ3n) is 5.48. The molecule has 4 aromatic rings. The molecule has 3 heterocycles. The fraction of sp³-hybridized carbons (Fsp3) is 0.250. The maximum absolute atomic E-state index is 13.5. The van der Waals surface area contributed by atoms with Crippen LogP contribution in [0.3, 0.4) is 0 Å². The summed E-state index contributed by atoms with van der Waals surface area (Å²) in [6.07, 6.45) is 2.55. The molecule has 0 bridgehead atoms. The normalized spacial score (nSPS) is 15.8. The number of nitrogens with zero attached hydrogens (tertiary/aromatic N) is 4. The number of aromatic nitrogens is 4. The van der Waals surface area contributed by atoms with E-state index in [1.807, 2.05) is 31.2 Å². The van der Waals surface area contributed by atoms with Gasteiger partial charge in [0.05, 0.1) is 17.9 Å². The molecule has 2 N–H and O–H groups in total. The summed E-state index contributed by atoms with van der Waals surface area (Å²) < 4.78 is 19.8. The van der Waals surface area contributed by atoms with Crippen LogP contribution in [-0.2, 0) is 6.54 Å². The average Bonchev–Trinajstić information content (AvgIpc) is 3.32. The van der Waals surface area contributed by atoms with E-state index in [4.69, 9.17) is 4.74 Å². The van der Waals surface area contributed by atoms with Crippen LogP contribution in [0.2, 0.25) is 0 Å². The Morgan fingerprint density at radius 2 is 1.94 bits per heavy atom. The second-order valence-electron chi connectivity index (χ2n) is 7.85. The van der Waals surface area contributed by atoms with Crippen molar-refractivity contribution in [2.45, 2.75) is 26.0 Å². The largest absolute Gasteiger partial charge is 0.487 e. The molecule has 0 radical (unpaired) electrons. The SMILES string of the molecule is Cc1ccc(CNc2ncnc3c(O[C@H]4CCNC4)cc(-c4ccc(F)cc4)cc23)nn1. The van der Waals surface area contributed by atoms with Crippen LogP contribution in [0.15, 0.2) is 54.9 Å². The molecule has 0 saturated carbocycles. The molecule has 7 nitrogen and oxygen atoms in total. The monoisotopic (exact) mass is 430 g/mol. The first-order valence-electron chi connectivity index (χ1n) is 10.6. The third kappa shape index (κ3) is 4.36.